The predicted octanol–water partition coefficient (Wildman–Crippen LogP) is 0.571. The molecular formula is C11H21NO5S. The molecule has 2 N–H and O–H groups in total. The topological polar surface area (TPSA) is 101 Å². The zero-order valence-corrected chi connectivity index (χ0v) is 11.8. The minimum atomic E-state index is -3.23. The number of rotatable bonds is 8. The highest BCUT2D eigenvalue weighted by Gasteiger charge is 2.30. The van der Waals surface area contributed by atoms with Gasteiger partial charge in [0.05, 0.1) is 4.75 Å². The Labute approximate surface area is 108 Å². The quantitative estimate of drug-likeness (QED) is 0.633. The van der Waals surface area contributed by atoms with E-state index in [0.717, 1.165) is 6.26 Å². The summed E-state index contributed by atoms with van der Waals surface area (Å²) < 4.78 is 21.8. The van der Waals surface area contributed by atoms with Crippen molar-refractivity contribution in [3.05, 3.63) is 0 Å². The number of unbranched alkanes of at least 4 members (excludes halogenated alkanes) is 1. The van der Waals surface area contributed by atoms with E-state index in [1.807, 2.05) is 0 Å². The molecule has 0 aliphatic rings. The fourth-order valence-corrected chi connectivity index (χ4v) is 1.43. The number of aliphatic carboxylic acids is 1. The van der Waals surface area contributed by atoms with Gasteiger partial charge in [-0.25, -0.2) is 8.42 Å². The Kier molecular flexibility index (Phi) is 6.31. The van der Waals surface area contributed by atoms with Crippen molar-refractivity contribution >= 4 is 21.7 Å². The standard InChI is InChI=1S/C11H21NO5S/c1-11(2,18(3,16)17)8-12-9(13)6-4-5-7-10(14)15/h4-8H2,1-3H3,(H,12,13)(H,14,15). The Morgan fingerprint density at radius 2 is 1.67 bits per heavy atom. The molecule has 0 saturated carbocycles. The lowest BCUT2D eigenvalue weighted by molar-refractivity contribution is -0.137. The van der Waals surface area contributed by atoms with Crippen molar-refractivity contribution in [2.75, 3.05) is 12.8 Å². The number of carboxylic acid groups (broad SMARTS) is 1. The Hall–Kier alpha value is -1.11. The lowest BCUT2D eigenvalue weighted by atomic mass is 10.1. The summed E-state index contributed by atoms with van der Waals surface area (Å²) >= 11 is 0. The van der Waals surface area contributed by atoms with E-state index in [4.69, 9.17) is 5.11 Å². The zero-order chi connectivity index (χ0) is 14.4. The molecule has 0 radical (unpaired) electrons. The van der Waals surface area contributed by atoms with Crippen molar-refractivity contribution in [1.82, 2.24) is 5.32 Å². The molecule has 0 fully saturated rings. The van der Waals surface area contributed by atoms with Gasteiger partial charge in [-0.3, -0.25) is 9.59 Å². The van der Waals surface area contributed by atoms with E-state index < -0.39 is 20.6 Å². The molecule has 0 aromatic rings. The first-order valence-electron chi connectivity index (χ1n) is 5.74. The zero-order valence-electron chi connectivity index (χ0n) is 11.0. The fourth-order valence-electron chi connectivity index (χ4n) is 1.09. The summed E-state index contributed by atoms with van der Waals surface area (Å²) in [6, 6.07) is 0. The van der Waals surface area contributed by atoms with Crippen molar-refractivity contribution in [1.29, 1.82) is 0 Å². The lowest BCUT2D eigenvalue weighted by Crippen LogP contribution is -2.43. The summed E-state index contributed by atoms with van der Waals surface area (Å²) in [7, 11) is -3.23. The van der Waals surface area contributed by atoms with Crippen LogP contribution in [0.1, 0.15) is 39.5 Å². The van der Waals surface area contributed by atoms with Crippen molar-refractivity contribution in [3.63, 3.8) is 0 Å². The van der Waals surface area contributed by atoms with Gasteiger partial charge in [0, 0.05) is 25.6 Å². The molecule has 7 heteroatoms. The molecule has 0 aromatic heterocycles. The van der Waals surface area contributed by atoms with Gasteiger partial charge in [-0.2, -0.15) is 0 Å². The summed E-state index contributed by atoms with van der Waals surface area (Å²) in [6.45, 7) is 3.16. The summed E-state index contributed by atoms with van der Waals surface area (Å²) in [5.74, 6) is -1.13. The molecule has 0 bridgehead atoms. The largest absolute Gasteiger partial charge is 0.481 e. The molecule has 0 rings (SSSR count). The SMILES string of the molecule is CC(C)(CNC(=O)CCCCC(=O)O)S(C)(=O)=O. The van der Waals surface area contributed by atoms with Crippen molar-refractivity contribution in [2.24, 2.45) is 0 Å². The van der Waals surface area contributed by atoms with Crippen LogP contribution in [0.3, 0.4) is 0 Å². The van der Waals surface area contributed by atoms with Gasteiger partial charge in [-0.05, 0) is 26.7 Å². The average Bonchev–Trinajstić information content (AvgIpc) is 2.19. The number of hydrogen-bond acceptors (Lipinski definition) is 4. The Morgan fingerprint density at radius 1 is 1.17 bits per heavy atom. The lowest BCUT2D eigenvalue weighted by Gasteiger charge is -2.22. The second-order valence-electron chi connectivity index (χ2n) is 4.91. The van der Waals surface area contributed by atoms with Crippen LogP contribution in [0.2, 0.25) is 0 Å². The predicted molar refractivity (Wildman–Crippen MR) is 68.0 cm³/mol. The maximum absolute atomic E-state index is 11.4. The molecule has 0 spiro atoms. The Bertz CT molecular complexity index is 400. The highest BCUT2D eigenvalue weighted by molar-refractivity contribution is 7.92. The number of carbonyl (C=O) groups excluding carboxylic acids is 1. The maximum atomic E-state index is 11.4. The number of carboxylic acids is 1. The summed E-state index contributed by atoms with van der Waals surface area (Å²) in [5, 5.41) is 11.0. The smallest absolute Gasteiger partial charge is 0.303 e. The van der Waals surface area contributed by atoms with Gasteiger partial charge in [0.25, 0.3) is 0 Å². The molecule has 106 valence electrons. The van der Waals surface area contributed by atoms with Crippen LogP contribution >= 0.6 is 0 Å². The van der Waals surface area contributed by atoms with E-state index in [1.54, 1.807) is 13.8 Å². The van der Waals surface area contributed by atoms with Crippen LogP contribution in [0.5, 0.6) is 0 Å². The minimum absolute atomic E-state index is 0.0438. The van der Waals surface area contributed by atoms with Crippen molar-refractivity contribution in [2.45, 2.75) is 44.3 Å². The van der Waals surface area contributed by atoms with Crippen LogP contribution in [0.25, 0.3) is 0 Å². The fraction of sp³-hybridized carbons (Fsp3) is 0.818. The first-order valence-corrected chi connectivity index (χ1v) is 7.63. The third-order valence-electron chi connectivity index (χ3n) is 2.76. The van der Waals surface area contributed by atoms with Crippen LogP contribution in [-0.2, 0) is 19.4 Å². The number of nitrogens with one attached hydrogen (secondary N) is 1. The molecule has 0 aromatic carbocycles. The number of sulfone groups is 1. The van der Waals surface area contributed by atoms with E-state index >= 15 is 0 Å². The summed E-state index contributed by atoms with van der Waals surface area (Å²) in [5.41, 5.74) is 0. The van der Waals surface area contributed by atoms with Gasteiger partial charge in [0.2, 0.25) is 5.91 Å². The number of hydrogen-bond donors (Lipinski definition) is 2. The van der Waals surface area contributed by atoms with E-state index in [2.05, 4.69) is 5.32 Å². The molecule has 1 amide bonds. The molecule has 6 nitrogen and oxygen atoms in total. The Balaban J connectivity index is 3.95. The highest BCUT2D eigenvalue weighted by atomic mass is 32.2. The van der Waals surface area contributed by atoms with E-state index in [-0.39, 0.29) is 25.3 Å². The minimum Gasteiger partial charge on any atom is -0.481 e. The van der Waals surface area contributed by atoms with Crippen LogP contribution < -0.4 is 5.32 Å². The highest BCUT2D eigenvalue weighted by Crippen LogP contribution is 2.13. The van der Waals surface area contributed by atoms with Gasteiger partial charge < -0.3 is 10.4 Å². The van der Waals surface area contributed by atoms with Crippen molar-refractivity contribution in [3.8, 4) is 0 Å². The first-order chi connectivity index (χ1) is 8.06. The molecular weight excluding hydrogens is 258 g/mol. The number of amides is 1. The van der Waals surface area contributed by atoms with Crippen molar-refractivity contribution < 1.29 is 23.1 Å². The molecule has 0 heterocycles. The Morgan fingerprint density at radius 3 is 2.11 bits per heavy atom. The molecule has 0 atom stereocenters. The third kappa shape index (κ3) is 6.58. The van der Waals surface area contributed by atoms with Crippen LogP contribution in [0.15, 0.2) is 0 Å². The number of carbonyl (C=O) groups is 2. The second kappa shape index (κ2) is 6.72. The molecule has 0 aliphatic carbocycles. The average molecular weight is 279 g/mol. The van der Waals surface area contributed by atoms with Gasteiger partial charge in [-0.1, -0.05) is 0 Å². The van der Waals surface area contributed by atoms with Crippen LogP contribution in [-0.4, -0.2) is 42.9 Å². The first kappa shape index (κ1) is 16.9. The van der Waals surface area contributed by atoms with Gasteiger partial charge in [0.1, 0.15) is 0 Å². The molecule has 0 aliphatic heterocycles. The normalized spacial score (nSPS) is 12.2. The van der Waals surface area contributed by atoms with Gasteiger partial charge >= 0.3 is 5.97 Å². The summed E-state index contributed by atoms with van der Waals surface area (Å²) in [4.78, 5) is 21.7. The van der Waals surface area contributed by atoms with E-state index in [1.165, 1.54) is 0 Å². The van der Waals surface area contributed by atoms with Gasteiger partial charge in [-0.15, -0.1) is 0 Å². The maximum Gasteiger partial charge on any atom is 0.303 e. The van der Waals surface area contributed by atoms with E-state index in [0.29, 0.717) is 12.8 Å². The van der Waals surface area contributed by atoms with E-state index in [9.17, 15) is 18.0 Å². The second-order valence-corrected chi connectivity index (χ2v) is 7.56. The monoisotopic (exact) mass is 279 g/mol. The van der Waals surface area contributed by atoms with Crippen LogP contribution in [0, 0.1) is 0 Å². The summed E-state index contributed by atoms with van der Waals surface area (Å²) in [6.07, 6.45) is 2.32. The van der Waals surface area contributed by atoms with Gasteiger partial charge in [0.15, 0.2) is 9.84 Å². The molecule has 18 heavy (non-hydrogen) atoms. The third-order valence-corrected chi connectivity index (χ3v) is 4.91. The molecule has 0 unspecified atom stereocenters. The van der Waals surface area contributed by atoms with Crippen LogP contribution in [0.4, 0.5) is 0 Å². The molecule has 0 saturated heterocycles.